The Balaban J connectivity index is 2.03. The van der Waals surface area contributed by atoms with Crippen LogP contribution in [-0.4, -0.2) is 5.78 Å². The van der Waals surface area contributed by atoms with Gasteiger partial charge in [0.1, 0.15) is 5.78 Å². The first kappa shape index (κ1) is 16.1. The second kappa shape index (κ2) is 6.20. The quantitative estimate of drug-likeness (QED) is 0.776. The lowest BCUT2D eigenvalue weighted by molar-refractivity contribution is -0.137. The zero-order chi connectivity index (χ0) is 15.6. The highest BCUT2D eigenvalue weighted by Crippen LogP contribution is 2.34. The second-order valence-electron chi connectivity index (χ2n) is 6.31. The van der Waals surface area contributed by atoms with Crippen LogP contribution in [0.25, 0.3) is 0 Å². The molecule has 0 aromatic heterocycles. The Kier molecular flexibility index (Phi) is 4.74. The minimum Gasteiger partial charge on any atom is -0.299 e. The maximum Gasteiger partial charge on any atom is 0.416 e. The molecule has 2 rings (SSSR count). The van der Waals surface area contributed by atoms with Crippen LogP contribution in [0.15, 0.2) is 24.3 Å². The van der Waals surface area contributed by atoms with E-state index in [1.165, 1.54) is 6.07 Å². The second-order valence-corrected chi connectivity index (χ2v) is 6.31. The van der Waals surface area contributed by atoms with Gasteiger partial charge in [0, 0.05) is 12.3 Å². The molecule has 0 amide bonds. The molecule has 4 heteroatoms. The number of hydrogen-bond donors (Lipinski definition) is 0. The molecule has 0 radical (unpaired) electrons. The molecule has 1 aromatic rings. The summed E-state index contributed by atoms with van der Waals surface area (Å²) in [6.45, 7) is 4.34. The third-order valence-corrected chi connectivity index (χ3v) is 4.69. The van der Waals surface area contributed by atoms with Gasteiger partial charge in [-0.3, -0.25) is 4.79 Å². The molecule has 3 unspecified atom stereocenters. The van der Waals surface area contributed by atoms with E-state index in [1.807, 2.05) is 0 Å². The largest absolute Gasteiger partial charge is 0.416 e. The molecule has 116 valence electrons. The monoisotopic (exact) mass is 298 g/mol. The van der Waals surface area contributed by atoms with E-state index in [9.17, 15) is 18.0 Å². The summed E-state index contributed by atoms with van der Waals surface area (Å²) in [5, 5.41) is 0. The highest BCUT2D eigenvalue weighted by molar-refractivity contribution is 5.83. The fourth-order valence-electron chi connectivity index (χ4n) is 3.04. The van der Waals surface area contributed by atoms with Crippen molar-refractivity contribution in [3.63, 3.8) is 0 Å². The maximum atomic E-state index is 12.7. The van der Waals surface area contributed by atoms with Crippen molar-refractivity contribution in [1.82, 2.24) is 0 Å². The summed E-state index contributed by atoms with van der Waals surface area (Å²) in [6.07, 6.45) is -1.49. The van der Waals surface area contributed by atoms with Gasteiger partial charge in [-0.1, -0.05) is 32.0 Å². The van der Waals surface area contributed by atoms with Gasteiger partial charge in [0.15, 0.2) is 0 Å². The third-order valence-electron chi connectivity index (χ3n) is 4.69. The number of benzene rings is 1. The number of halogens is 3. The van der Waals surface area contributed by atoms with E-state index in [4.69, 9.17) is 0 Å². The third kappa shape index (κ3) is 4.08. The average molecular weight is 298 g/mol. The SMILES string of the molecule is CC1CCC(C(=O)Cc2cccc(C(F)(F)F)c2)CC1C. The van der Waals surface area contributed by atoms with Crippen molar-refractivity contribution in [3.05, 3.63) is 35.4 Å². The molecule has 0 saturated heterocycles. The van der Waals surface area contributed by atoms with Gasteiger partial charge in [-0.2, -0.15) is 13.2 Å². The molecule has 0 N–H and O–H groups in total. The van der Waals surface area contributed by atoms with Gasteiger partial charge in [-0.25, -0.2) is 0 Å². The first-order chi connectivity index (χ1) is 9.77. The van der Waals surface area contributed by atoms with Gasteiger partial charge < -0.3 is 0 Å². The van der Waals surface area contributed by atoms with Crippen molar-refractivity contribution in [2.24, 2.45) is 17.8 Å². The Hall–Kier alpha value is -1.32. The summed E-state index contributed by atoms with van der Waals surface area (Å²) >= 11 is 0. The zero-order valence-electron chi connectivity index (χ0n) is 12.4. The van der Waals surface area contributed by atoms with Crippen LogP contribution in [0.2, 0.25) is 0 Å². The van der Waals surface area contributed by atoms with Gasteiger partial charge in [0.2, 0.25) is 0 Å². The van der Waals surface area contributed by atoms with E-state index in [0.717, 1.165) is 31.4 Å². The molecular formula is C17H21F3O. The predicted molar refractivity (Wildman–Crippen MR) is 75.8 cm³/mol. The molecule has 1 fully saturated rings. The van der Waals surface area contributed by atoms with Crippen molar-refractivity contribution >= 4 is 5.78 Å². The fourth-order valence-corrected chi connectivity index (χ4v) is 3.04. The first-order valence-electron chi connectivity index (χ1n) is 7.46. The molecule has 1 saturated carbocycles. The van der Waals surface area contributed by atoms with Gasteiger partial charge in [0.05, 0.1) is 5.56 Å². The summed E-state index contributed by atoms with van der Waals surface area (Å²) in [5.74, 6) is 1.22. The lowest BCUT2D eigenvalue weighted by atomic mass is 9.73. The molecule has 1 aromatic carbocycles. The Morgan fingerprint density at radius 3 is 2.52 bits per heavy atom. The predicted octanol–water partition coefficient (Wildman–Crippen LogP) is 4.89. The lowest BCUT2D eigenvalue weighted by Gasteiger charge is -2.31. The van der Waals surface area contributed by atoms with Crippen LogP contribution in [0.1, 0.15) is 44.2 Å². The summed E-state index contributed by atoms with van der Waals surface area (Å²) < 4.78 is 38.0. The maximum absolute atomic E-state index is 12.7. The lowest BCUT2D eigenvalue weighted by Crippen LogP contribution is -2.27. The molecule has 0 bridgehead atoms. The Morgan fingerprint density at radius 1 is 1.19 bits per heavy atom. The zero-order valence-corrected chi connectivity index (χ0v) is 12.4. The number of carbonyl (C=O) groups is 1. The number of Topliss-reactive ketones (excluding diaryl/α,β-unsaturated/α-hetero) is 1. The fraction of sp³-hybridized carbons (Fsp3) is 0.588. The van der Waals surface area contributed by atoms with E-state index in [1.54, 1.807) is 6.07 Å². The van der Waals surface area contributed by atoms with Crippen molar-refractivity contribution in [2.45, 2.75) is 45.7 Å². The van der Waals surface area contributed by atoms with Crippen molar-refractivity contribution in [3.8, 4) is 0 Å². The van der Waals surface area contributed by atoms with E-state index >= 15 is 0 Å². The molecular weight excluding hydrogens is 277 g/mol. The number of ketones is 1. The van der Waals surface area contributed by atoms with Crippen LogP contribution in [-0.2, 0) is 17.4 Å². The smallest absolute Gasteiger partial charge is 0.299 e. The minimum atomic E-state index is -4.35. The molecule has 21 heavy (non-hydrogen) atoms. The highest BCUT2D eigenvalue weighted by Gasteiger charge is 2.31. The number of hydrogen-bond acceptors (Lipinski definition) is 1. The van der Waals surface area contributed by atoms with E-state index < -0.39 is 11.7 Å². The van der Waals surface area contributed by atoms with Gasteiger partial charge >= 0.3 is 6.18 Å². The minimum absolute atomic E-state index is 0.00532. The van der Waals surface area contributed by atoms with Crippen molar-refractivity contribution in [2.75, 3.05) is 0 Å². The van der Waals surface area contributed by atoms with Crippen LogP contribution in [0.3, 0.4) is 0 Å². The topological polar surface area (TPSA) is 17.1 Å². The number of alkyl halides is 3. The summed E-state index contributed by atoms with van der Waals surface area (Å²) in [7, 11) is 0. The standard InChI is InChI=1S/C17H21F3O/c1-11-6-7-14(8-12(11)2)16(21)10-13-4-3-5-15(9-13)17(18,19)20/h3-5,9,11-12,14H,6-8,10H2,1-2H3. The molecule has 0 spiro atoms. The molecule has 1 nitrogen and oxygen atoms in total. The summed E-state index contributed by atoms with van der Waals surface area (Å²) in [6, 6.07) is 5.10. The Bertz CT molecular complexity index is 507. The number of rotatable bonds is 3. The van der Waals surface area contributed by atoms with Crippen LogP contribution in [0, 0.1) is 17.8 Å². The molecule has 0 heterocycles. The first-order valence-corrected chi connectivity index (χ1v) is 7.46. The number of carbonyl (C=O) groups excluding carboxylic acids is 1. The van der Waals surface area contributed by atoms with Gasteiger partial charge in [-0.05, 0) is 42.7 Å². The summed E-state index contributed by atoms with van der Waals surface area (Å²) in [4.78, 5) is 12.3. The van der Waals surface area contributed by atoms with E-state index in [2.05, 4.69) is 13.8 Å². The van der Waals surface area contributed by atoms with E-state index in [0.29, 0.717) is 17.4 Å². The summed E-state index contributed by atoms with van der Waals surface area (Å²) in [5.41, 5.74) is -0.223. The Labute approximate surface area is 123 Å². The van der Waals surface area contributed by atoms with Crippen LogP contribution in [0.5, 0.6) is 0 Å². The van der Waals surface area contributed by atoms with Gasteiger partial charge in [-0.15, -0.1) is 0 Å². The van der Waals surface area contributed by atoms with Crippen LogP contribution in [0.4, 0.5) is 13.2 Å². The van der Waals surface area contributed by atoms with E-state index in [-0.39, 0.29) is 18.1 Å². The van der Waals surface area contributed by atoms with Crippen molar-refractivity contribution in [1.29, 1.82) is 0 Å². The molecule has 1 aliphatic carbocycles. The normalized spacial score (nSPS) is 26.6. The van der Waals surface area contributed by atoms with Crippen LogP contribution >= 0.6 is 0 Å². The molecule has 1 aliphatic rings. The highest BCUT2D eigenvalue weighted by atomic mass is 19.4. The Morgan fingerprint density at radius 2 is 1.90 bits per heavy atom. The molecule has 3 atom stereocenters. The average Bonchev–Trinajstić information content (AvgIpc) is 2.41. The molecule has 0 aliphatic heterocycles. The van der Waals surface area contributed by atoms with Gasteiger partial charge in [0.25, 0.3) is 0 Å². The van der Waals surface area contributed by atoms with Crippen LogP contribution < -0.4 is 0 Å². The van der Waals surface area contributed by atoms with Crippen molar-refractivity contribution < 1.29 is 18.0 Å².